The molecule has 0 bridgehead atoms. The van der Waals surface area contributed by atoms with Gasteiger partial charge in [0.1, 0.15) is 17.2 Å². The lowest BCUT2D eigenvalue weighted by Crippen LogP contribution is -2.24. The molecule has 0 unspecified atom stereocenters. The number of esters is 1. The first kappa shape index (κ1) is 19.7. The second kappa shape index (κ2) is 7.33. The van der Waals surface area contributed by atoms with Gasteiger partial charge < -0.3 is 4.74 Å². The molecule has 0 radical (unpaired) electrons. The van der Waals surface area contributed by atoms with Crippen LogP contribution in [0.4, 0.5) is 8.78 Å². The van der Waals surface area contributed by atoms with Gasteiger partial charge in [0.05, 0.1) is 15.6 Å². The summed E-state index contributed by atoms with van der Waals surface area (Å²) in [5.74, 6) is -3.07. The topological polar surface area (TPSA) is 43.4 Å². The van der Waals surface area contributed by atoms with E-state index in [9.17, 15) is 18.4 Å². The Morgan fingerprint density at radius 2 is 1.52 bits per heavy atom. The highest BCUT2D eigenvalue weighted by atomic mass is 79.9. The van der Waals surface area contributed by atoms with Crippen molar-refractivity contribution in [2.75, 3.05) is 0 Å². The maximum atomic E-state index is 14.0. The molecule has 0 atom stereocenters. The van der Waals surface area contributed by atoms with Crippen LogP contribution in [0.5, 0.6) is 0 Å². The van der Waals surface area contributed by atoms with Crippen molar-refractivity contribution in [1.82, 2.24) is 0 Å². The van der Waals surface area contributed by atoms with Crippen LogP contribution in [-0.2, 0) is 4.74 Å². The average Bonchev–Trinajstić information content (AvgIpc) is 2.48. The van der Waals surface area contributed by atoms with Crippen molar-refractivity contribution in [3.63, 3.8) is 0 Å². The molecule has 2 aromatic rings. The van der Waals surface area contributed by atoms with E-state index >= 15 is 0 Å². The molecule has 0 aliphatic rings. The number of ketones is 1. The molecule has 0 heterocycles. The van der Waals surface area contributed by atoms with Crippen molar-refractivity contribution in [3.8, 4) is 0 Å². The van der Waals surface area contributed by atoms with Gasteiger partial charge in [0, 0.05) is 16.1 Å². The fourth-order valence-electron chi connectivity index (χ4n) is 2.03. The second-order valence-corrected chi connectivity index (χ2v) is 8.08. The van der Waals surface area contributed by atoms with Gasteiger partial charge in [-0.15, -0.1) is 0 Å². The monoisotopic (exact) mass is 474 g/mol. The van der Waals surface area contributed by atoms with Crippen molar-refractivity contribution >= 4 is 43.6 Å². The highest BCUT2D eigenvalue weighted by Crippen LogP contribution is 2.25. The van der Waals surface area contributed by atoms with Gasteiger partial charge in [0.15, 0.2) is 5.78 Å². The van der Waals surface area contributed by atoms with Gasteiger partial charge in [-0.2, -0.15) is 0 Å². The number of carbonyl (C=O) groups excluding carboxylic acids is 2. The number of ether oxygens (including phenoxy) is 1. The summed E-state index contributed by atoms with van der Waals surface area (Å²) in [7, 11) is 0. The molecule has 2 rings (SSSR count). The van der Waals surface area contributed by atoms with E-state index in [1.54, 1.807) is 20.8 Å². The number of benzene rings is 2. The van der Waals surface area contributed by atoms with Crippen LogP contribution in [0, 0.1) is 11.6 Å². The molecule has 0 fully saturated rings. The van der Waals surface area contributed by atoms with Gasteiger partial charge in [-0.3, -0.25) is 4.79 Å². The first-order valence-corrected chi connectivity index (χ1v) is 8.80. The number of rotatable bonds is 3. The highest BCUT2D eigenvalue weighted by molar-refractivity contribution is 9.10. The van der Waals surface area contributed by atoms with Crippen LogP contribution in [0.1, 0.15) is 47.1 Å². The normalized spacial score (nSPS) is 11.3. The lowest BCUT2D eigenvalue weighted by atomic mass is 10.0. The zero-order valence-corrected chi connectivity index (χ0v) is 16.8. The van der Waals surface area contributed by atoms with E-state index in [1.165, 1.54) is 18.2 Å². The van der Waals surface area contributed by atoms with Crippen molar-refractivity contribution < 1.29 is 23.1 Å². The van der Waals surface area contributed by atoms with Gasteiger partial charge in [-0.25, -0.2) is 13.6 Å². The quantitative estimate of drug-likeness (QED) is 0.326. The molecule has 7 heteroatoms. The summed E-state index contributed by atoms with van der Waals surface area (Å²) in [5.41, 5.74) is -0.777. The molecule has 132 valence electrons. The summed E-state index contributed by atoms with van der Waals surface area (Å²) in [6.07, 6.45) is 0. The Balaban J connectivity index is 2.45. The van der Waals surface area contributed by atoms with Crippen LogP contribution >= 0.6 is 31.9 Å². The Morgan fingerprint density at radius 3 is 2.12 bits per heavy atom. The fourth-order valence-corrected chi connectivity index (χ4v) is 2.86. The molecule has 0 aliphatic heterocycles. The van der Waals surface area contributed by atoms with E-state index in [0.29, 0.717) is 10.5 Å². The Bertz CT molecular complexity index is 858. The minimum Gasteiger partial charge on any atom is -0.456 e. The zero-order valence-electron chi connectivity index (χ0n) is 13.6. The fraction of sp³-hybridized carbons (Fsp3) is 0.222. The number of hydrogen-bond acceptors (Lipinski definition) is 3. The van der Waals surface area contributed by atoms with E-state index in [4.69, 9.17) is 4.74 Å². The first-order valence-electron chi connectivity index (χ1n) is 7.21. The number of hydrogen-bond donors (Lipinski definition) is 0. The van der Waals surface area contributed by atoms with Gasteiger partial charge in [-0.05, 0) is 61.0 Å². The maximum Gasteiger partial charge on any atom is 0.338 e. The minimum atomic E-state index is -0.982. The average molecular weight is 476 g/mol. The Kier molecular flexibility index (Phi) is 5.79. The van der Waals surface area contributed by atoms with Crippen LogP contribution in [0.3, 0.4) is 0 Å². The number of carbonyl (C=O) groups is 2. The van der Waals surface area contributed by atoms with Gasteiger partial charge in [0.25, 0.3) is 0 Å². The van der Waals surface area contributed by atoms with Crippen LogP contribution in [0.2, 0.25) is 0 Å². The third-order valence-electron chi connectivity index (χ3n) is 3.05. The van der Waals surface area contributed by atoms with E-state index in [2.05, 4.69) is 31.9 Å². The standard InChI is InChI=1S/C18H14Br2F2O3/c1-18(2,3)25-17(24)10-4-9(5-11(19)6-10)16(23)12-7-13(20)15(22)8-14(12)21/h4-8H,1-3H3. The Labute approximate surface area is 160 Å². The van der Waals surface area contributed by atoms with Gasteiger partial charge in [0.2, 0.25) is 0 Å². The minimum absolute atomic E-state index is 0.0281. The molecule has 0 spiro atoms. The van der Waals surface area contributed by atoms with Gasteiger partial charge >= 0.3 is 5.97 Å². The van der Waals surface area contributed by atoms with E-state index in [1.807, 2.05) is 0 Å². The summed E-state index contributed by atoms with van der Waals surface area (Å²) >= 11 is 6.15. The molecular weight excluding hydrogens is 462 g/mol. The molecule has 25 heavy (non-hydrogen) atoms. The summed E-state index contributed by atoms with van der Waals surface area (Å²) < 4.78 is 33.0. The largest absolute Gasteiger partial charge is 0.456 e. The maximum absolute atomic E-state index is 14.0. The van der Waals surface area contributed by atoms with Crippen LogP contribution in [0.25, 0.3) is 0 Å². The molecule has 0 amide bonds. The van der Waals surface area contributed by atoms with Crippen molar-refractivity contribution in [2.45, 2.75) is 26.4 Å². The SMILES string of the molecule is CC(C)(C)OC(=O)c1cc(Br)cc(C(=O)c2cc(Br)c(F)cc2F)c1. The molecule has 3 nitrogen and oxygen atoms in total. The summed E-state index contributed by atoms with van der Waals surface area (Å²) in [6, 6.07) is 5.97. The molecule has 0 saturated carbocycles. The van der Waals surface area contributed by atoms with Crippen LogP contribution in [-0.4, -0.2) is 17.4 Å². The van der Waals surface area contributed by atoms with Crippen molar-refractivity contribution in [2.24, 2.45) is 0 Å². The molecule has 0 N–H and O–H groups in total. The summed E-state index contributed by atoms with van der Waals surface area (Å²) in [5, 5.41) is 0. The lowest BCUT2D eigenvalue weighted by molar-refractivity contribution is 0.00694. The second-order valence-electron chi connectivity index (χ2n) is 6.31. The molecule has 0 aromatic heterocycles. The Hall–Kier alpha value is -1.60. The molecular formula is C18H14Br2F2O3. The van der Waals surface area contributed by atoms with E-state index in [0.717, 1.165) is 6.07 Å². The van der Waals surface area contributed by atoms with Crippen LogP contribution < -0.4 is 0 Å². The molecule has 0 saturated heterocycles. The van der Waals surface area contributed by atoms with Crippen molar-refractivity contribution in [3.05, 3.63) is 67.6 Å². The smallest absolute Gasteiger partial charge is 0.338 e. The van der Waals surface area contributed by atoms with Crippen LogP contribution in [0.15, 0.2) is 39.3 Å². The first-order chi connectivity index (χ1) is 11.5. The molecule has 2 aromatic carbocycles. The third-order valence-corrected chi connectivity index (χ3v) is 4.11. The Morgan fingerprint density at radius 1 is 0.920 bits per heavy atom. The van der Waals surface area contributed by atoms with Crippen molar-refractivity contribution in [1.29, 1.82) is 0 Å². The molecule has 0 aliphatic carbocycles. The zero-order chi connectivity index (χ0) is 18.9. The van der Waals surface area contributed by atoms with E-state index in [-0.39, 0.29) is 21.2 Å². The highest BCUT2D eigenvalue weighted by Gasteiger charge is 2.22. The van der Waals surface area contributed by atoms with Gasteiger partial charge in [-0.1, -0.05) is 15.9 Å². The summed E-state index contributed by atoms with van der Waals surface area (Å²) in [6.45, 7) is 5.17. The summed E-state index contributed by atoms with van der Waals surface area (Å²) in [4.78, 5) is 24.8. The number of halogens is 4. The lowest BCUT2D eigenvalue weighted by Gasteiger charge is -2.19. The third kappa shape index (κ3) is 4.95. The predicted molar refractivity (Wildman–Crippen MR) is 96.8 cm³/mol. The van der Waals surface area contributed by atoms with E-state index < -0.39 is 29.0 Å². The predicted octanol–water partition coefficient (Wildman–Crippen LogP) is 5.68.